The normalized spacial score (nSPS) is 11.7. The smallest absolute Gasteiger partial charge is 0.200 e. The molecule has 1 heterocycles. The SMILES string of the molecule is CO/N=C(\COc1ccc2c(=O)c3ccccc3oc2c1)c1ccccc1. The number of rotatable bonds is 5. The minimum absolute atomic E-state index is 0.0516. The molecule has 0 spiro atoms. The molecule has 0 unspecified atom stereocenters. The zero-order valence-corrected chi connectivity index (χ0v) is 14.7. The Hall–Kier alpha value is -3.60. The second-order valence-corrected chi connectivity index (χ2v) is 5.96. The molecule has 5 heteroatoms. The highest BCUT2D eigenvalue weighted by Gasteiger charge is 2.10. The van der Waals surface area contributed by atoms with E-state index >= 15 is 0 Å². The molecule has 0 atom stereocenters. The Morgan fingerprint density at radius 1 is 0.926 bits per heavy atom. The molecule has 0 aliphatic heterocycles. The molecule has 0 bridgehead atoms. The first-order valence-electron chi connectivity index (χ1n) is 8.50. The molecule has 134 valence electrons. The lowest BCUT2D eigenvalue weighted by Gasteiger charge is -2.09. The fraction of sp³-hybridized carbons (Fsp3) is 0.0909. The lowest BCUT2D eigenvalue weighted by atomic mass is 10.1. The van der Waals surface area contributed by atoms with Gasteiger partial charge in [0.1, 0.15) is 36.3 Å². The van der Waals surface area contributed by atoms with E-state index in [-0.39, 0.29) is 12.0 Å². The third kappa shape index (κ3) is 3.40. The molecule has 4 rings (SSSR count). The van der Waals surface area contributed by atoms with Crippen molar-refractivity contribution in [3.63, 3.8) is 0 Å². The minimum Gasteiger partial charge on any atom is -0.487 e. The molecule has 0 radical (unpaired) electrons. The highest BCUT2D eigenvalue weighted by molar-refractivity contribution is 6.01. The van der Waals surface area contributed by atoms with Gasteiger partial charge in [-0.05, 0) is 24.3 Å². The Morgan fingerprint density at radius 2 is 1.67 bits per heavy atom. The van der Waals surface area contributed by atoms with Crippen molar-refractivity contribution in [1.29, 1.82) is 0 Å². The summed E-state index contributed by atoms with van der Waals surface area (Å²) in [5.74, 6) is 0.584. The van der Waals surface area contributed by atoms with Crippen LogP contribution in [0.15, 0.2) is 87.2 Å². The van der Waals surface area contributed by atoms with Gasteiger partial charge < -0.3 is 14.0 Å². The van der Waals surface area contributed by atoms with E-state index in [0.717, 1.165) is 5.56 Å². The fourth-order valence-electron chi connectivity index (χ4n) is 2.93. The lowest BCUT2D eigenvalue weighted by molar-refractivity contribution is 0.210. The van der Waals surface area contributed by atoms with Gasteiger partial charge in [0, 0.05) is 11.6 Å². The number of hydrogen-bond acceptors (Lipinski definition) is 5. The molecule has 0 amide bonds. The predicted octanol–water partition coefficient (Wildman–Crippen LogP) is 4.38. The molecule has 27 heavy (non-hydrogen) atoms. The van der Waals surface area contributed by atoms with Gasteiger partial charge >= 0.3 is 0 Å². The molecule has 5 nitrogen and oxygen atoms in total. The summed E-state index contributed by atoms with van der Waals surface area (Å²) in [7, 11) is 1.50. The highest BCUT2D eigenvalue weighted by atomic mass is 16.6. The van der Waals surface area contributed by atoms with E-state index in [0.29, 0.717) is 33.4 Å². The van der Waals surface area contributed by atoms with Gasteiger partial charge in [-0.15, -0.1) is 0 Å². The van der Waals surface area contributed by atoms with E-state index in [4.69, 9.17) is 14.0 Å². The van der Waals surface area contributed by atoms with E-state index in [9.17, 15) is 4.79 Å². The molecule has 0 fully saturated rings. The Labute approximate surface area is 155 Å². The number of ether oxygens (including phenoxy) is 1. The van der Waals surface area contributed by atoms with Crippen molar-refractivity contribution in [1.82, 2.24) is 0 Å². The van der Waals surface area contributed by atoms with Crippen LogP contribution in [0.25, 0.3) is 21.9 Å². The molecule has 0 saturated heterocycles. The number of benzene rings is 3. The predicted molar refractivity (Wildman–Crippen MR) is 105 cm³/mol. The van der Waals surface area contributed by atoms with Crippen LogP contribution in [0.5, 0.6) is 5.75 Å². The van der Waals surface area contributed by atoms with E-state index in [1.165, 1.54) is 7.11 Å². The van der Waals surface area contributed by atoms with Gasteiger partial charge in [-0.25, -0.2) is 0 Å². The lowest BCUT2D eigenvalue weighted by Crippen LogP contribution is -2.13. The van der Waals surface area contributed by atoms with Crippen molar-refractivity contribution in [3.05, 3.63) is 88.6 Å². The monoisotopic (exact) mass is 359 g/mol. The topological polar surface area (TPSA) is 61.0 Å². The Kier molecular flexibility index (Phi) is 4.58. The van der Waals surface area contributed by atoms with Crippen LogP contribution < -0.4 is 10.2 Å². The zero-order valence-electron chi connectivity index (χ0n) is 14.7. The van der Waals surface area contributed by atoms with Crippen LogP contribution in [0, 0.1) is 0 Å². The van der Waals surface area contributed by atoms with Crippen molar-refractivity contribution in [3.8, 4) is 5.75 Å². The quantitative estimate of drug-likeness (QED) is 0.301. The summed E-state index contributed by atoms with van der Waals surface area (Å²) >= 11 is 0. The average Bonchev–Trinajstić information content (AvgIpc) is 2.72. The van der Waals surface area contributed by atoms with Crippen LogP contribution >= 0.6 is 0 Å². The van der Waals surface area contributed by atoms with Crippen molar-refractivity contribution in [2.75, 3.05) is 13.7 Å². The van der Waals surface area contributed by atoms with Gasteiger partial charge in [-0.2, -0.15) is 0 Å². The van der Waals surface area contributed by atoms with Gasteiger partial charge in [0.2, 0.25) is 5.43 Å². The first-order chi connectivity index (χ1) is 13.3. The largest absolute Gasteiger partial charge is 0.487 e. The van der Waals surface area contributed by atoms with Gasteiger partial charge in [-0.3, -0.25) is 4.79 Å². The summed E-state index contributed by atoms with van der Waals surface area (Å²) < 4.78 is 11.7. The Morgan fingerprint density at radius 3 is 2.48 bits per heavy atom. The molecular weight excluding hydrogens is 342 g/mol. The van der Waals surface area contributed by atoms with E-state index < -0.39 is 0 Å². The third-order valence-corrected chi connectivity index (χ3v) is 4.23. The first kappa shape index (κ1) is 16.8. The van der Waals surface area contributed by atoms with Crippen LogP contribution in [-0.4, -0.2) is 19.4 Å². The van der Waals surface area contributed by atoms with Crippen LogP contribution in [0.2, 0.25) is 0 Å². The molecule has 0 aliphatic carbocycles. The Bertz CT molecular complexity index is 1180. The van der Waals surface area contributed by atoms with Crippen LogP contribution in [0.4, 0.5) is 0 Å². The second-order valence-electron chi connectivity index (χ2n) is 5.96. The van der Waals surface area contributed by atoms with Gasteiger partial charge in [0.05, 0.1) is 10.8 Å². The maximum absolute atomic E-state index is 12.6. The molecule has 3 aromatic carbocycles. The van der Waals surface area contributed by atoms with E-state index in [1.807, 2.05) is 42.5 Å². The number of para-hydroxylation sites is 1. The van der Waals surface area contributed by atoms with E-state index in [1.54, 1.807) is 30.3 Å². The second kappa shape index (κ2) is 7.33. The summed E-state index contributed by atoms with van der Waals surface area (Å²) in [6, 6.07) is 22.1. The summed E-state index contributed by atoms with van der Waals surface area (Å²) in [4.78, 5) is 17.5. The standard InChI is InChI=1S/C22H17NO4/c1-25-23-19(15-7-3-2-4-8-15)14-26-16-11-12-18-21(13-16)27-20-10-6-5-9-17(20)22(18)24/h2-13H,14H2,1H3/b23-19+. The summed E-state index contributed by atoms with van der Waals surface area (Å²) in [5.41, 5.74) is 2.57. The van der Waals surface area contributed by atoms with Crippen LogP contribution in [0.3, 0.4) is 0 Å². The number of nitrogens with zero attached hydrogens (tertiary/aromatic N) is 1. The Balaban J connectivity index is 1.65. The van der Waals surface area contributed by atoms with E-state index in [2.05, 4.69) is 5.16 Å². The van der Waals surface area contributed by atoms with Crippen molar-refractivity contribution >= 4 is 27.7 Å². The molecule has 0 saturated carbocycles. The maximum atomic E-state index is 12.6. The number of hydrogen-bond donors (Lipinski definition) is 0. The fourth-order valence-corrected chi connectivity index (χ4v) is 2.93. The number of fused-ring (bicyclic) bond motifs is 2. The van der Waals surface area contributed by atoms with Gasteiger partial charge in [0.25, 0.3) is 0 Å². The average molecular weight is 359 g/mol. The summed E-state index contributed by atoms with van der Waals surface area (Å²) in [6.07, 6.45) is 0. The van der Waals surface area contributed by atoms with Gasteiger partial charge in [-0.1, -0.05) is 47.6 Å². The first-order valence-corrected chi connectivity index (χ1v) is 8.50. The maximum Gasteiger partial charge on any atom is 0.200 e. The minimum atomic E-state index is -0.0516. The van der Waals surface area contributed by atoms with Gasteiger partial charge in [0.15, 0.2) is 0 Å². The number of oxime groups is 1. The van der Waals surface area contributed by atoms with Crippen molar-refractivity contribution in [2.45, 2.75) is 0 Å². The highest BCUT2D eigenvalue weighted by Crippen LogP contribution is 2.23. The van der Waals surface area contributed by atoms with Crippen LogP contribution in [-0.2, 0) is 4.84 Å². The molecule has 0 aliphatic rings. The summed E-state index contributed by atoms with van der Waals surface area (Å²) in [5, 5.41) is 5.13. The molecule has 4 aromatic rings. The van der Waals surface area contributed by atoms with Crippen molar-refractivity contribution < 1.29 is 14.0 Å². The summed E-state index contributed by atoms with van der Waals surface area (Å²) in [6.45, 7) is 0.223. The molecule has 1 aromatic heterocycles. The molecule has 0 N–H and O–H groups in total. The van der Waals surface area contributed by atoms with Crippen molar-refractivity contribution in [2.24, 2.45) is 5.16 Å². The zero-order chi connectivity index (χ0) is 18.6. The third-order valence-electron chi connectivity index (χ3n) is 4.23. The molecular formula is C22H17NO4. The van der Waals surface area contributed by atoms with Crippen LogP contribution in [0.1, 0.15) is 5.56 Å².